The van der Waals surface area contributed by atoms with Crippen molar-refractivity contribution in [3.05, 3.63) is 70.4 Å². The lowest BCUT2D eigenvalue weighted by atomic mass is 10.2. The number of ether oxygens (including phenoxy) is 2. The molecular formula is C22H27FN4O5. The second-order valence-electron chi connectivity index (χ2n) is 7.83. The van der Waals surface area contributed by atoms with Gasteiger partial charge in [-0.1, -0.05) is 36.4 Å². The molecule has 2 rings (SSSR count). The number of carbonyl (C=O) groups excluding carboxylic acids is 2. The van der Waals surface area contributed by atoms with Crippen molar-refractivity contribution in [3.8, 4) is 0 Å². The Kier molecular flexibility index (Phi) is 8.94. The first-order chi connectivity index (χ1) is 15.2. The summed E-state index contributed by atoms with van der Waals surface area (Å²) in [5.74, 6) is -0.696. The molecule has 0 radical (unpaired) electrons. The maximum absolute atomic E-state index is 14.5. The molecule has 2 aromatic rings. The minimum Gasteiger partial charge on any atom is -0.445 e. The van der Waals surface area contributed by atoms with Crippen LogP contribution in [-0.2, 0) is 22.6 Å². The molecule has 2 amide bonds. The van der Waals surface area contributed by atoms with Gasteiger partial charge in [-0.2, -0.15) is 0 Å². The molecule has 0 aromatic heterocycles. The Morgan fingerprint density at radius 1 is 1.03 bits per heavy atom. The number of benzene rings is 2. The van der Waals surface area contributed by atoms with Crippen molar-refractivity contribution in [1.29, 1.82) is 0 Å². The van der Waals surface area contributed by atoms with Crippen molar-refractivity contribution in [3.63, 3.8) is 0 Å². The SMILES string of the molecule is CC(C)(C)OC(=O)NCCN(N=O)c1ccc(CNC(=O)OCc2ccccc2)cc1F. The molecule has 9 nitrogen and oxygen atoms in total. The van der Waals surface area contributed by atoms with E-state index in [9.17, 15) is 18.9 Å². The van der Waals surface area contributed by atoms with Gasteiger partial charge in [0.25, 0.3) is 0 Å². The van der Waals surface area contributed by atoms with E-state index in [1.54, 1.807) is 26.8 Å². The van der Waals surface area contributed by atoms with Crippen molar-refractivity contribution in [2.75, 3.05) is 18.1 Å². The molecule has 32 heavy (non-hydrogen) atoms. The number of halogens is 1. The van der Waals surface area contributed by atoms with Gasteiger partial charge in [-0.3, -0.25) is 0 Å². The molecule has 0 saturated heterocycles. The Morgan fingerprint density at radius 3 is 2.38 bits per heavy atom. The van der Waals surface area contributed by atoms with Crippen molar-refractivity contribution in [1.82, 2.24) is 10.6 Å². The highest BCUT2D eigenvalue weighted by Gasteiger charge is 2.17. The lowest BCUT2D eigenvalue weighted by Crippen LogP contribution is -2.36. The molecule has 10 heteroatoms. The van der Waals surface area contributed by atoms with Gasteiger partial charge in [0.2, 0.25) is 0 Å². The van der Waals surface area contributed by atoms with Gasteiger partial charge in [0.05, 0.1) is 17.5 Å². The van der Waals surface area contributed by atoms with Crippen LogP contribution in [0.4, 0.5) is 19.7 Å². The molecule has 2 N–H and O–H groups in total. The van der Waals surface area contributed by atoms with Crippen LogP contribution in [0.15, 0.2) is 53.8 Å². The van der Waals surface area contributed by atoms with E-state index in [0.29, 0.717) is 5.56 Å². The number of amides is 2. The summed E-state index contributed by atoms with van der Waals surface area (Å²) in [5, 5.41) is 8.71. The normalized spacial score (nSPS) is 10.8. The van der Waals surface area contributed by atoms with Crippen molar-refractivity contribution in [2.24, 2.45) is 5.29 Å². The third-order valence-electron chi connectivity index (χ3n) is 4.03. The van der Waals surface area contributed by atoms with Crippen LogP contribution in [-0.4, -0.2) is 30.9 Å². The maximum atomic E-state index is 14.5. The summed E-state index contributed by atoms with van der Waals surface area (Å²) in [4.78, 5) is 34.6. The first-order valence-electron chi connectivity index (χ1n) is 9.98. The summed E-state index contributed by atoms with van der Waals surface area (Å²) in [7, 11) is 0. The van der Waals surface area contributed by atoms with Crippen molar-refractivity contribution >= 4 is 17.9 Å². The van der Waals surface area contributed by atoms with Crippen molar-refractivity contribution < 1.29 is 23.5 Å². The molecule has 0 saturated carbocycles. The van der Waals surface area contributed by atoms with Gasteiger partial charge >= 0.3 is 12.2 Å². The lowest BCUT2D eigenvalue weighted by molar-refractivity contribution is 0.0529. The number of nitroso groups, excluding NO2 is 1. The number of anilines is 1. The number of nitrogens with one attached hydrogen (secondary N) is 2. The molecule has 2 aromatic carbocycles. The molecule has 0 aliphatic heterocycles. The summed E-state index contributed by atoms with van der Waals surface area (Å²) < 4.78 is 24.7. The molecule has 0 aliphatic rings. The van der Waals surface area contributed by atoms with Crippen LogP contribution in [0.3, 0.4) is 0 Å². The van der Waals surface area contributed by atoms with Gasteiger partial charge in [-0.15, -0.1) is 4.91 Å². The average Bonchev–Trinajstić information content (AvgIpc) is 2.74. The zero-order valence-electron chi connectivity index (χ0n) is 18.3. The number of nitrogens with zero attached hydrogens (tertiary/aromatic N) is 2. The smallest absolute Gasteiger partial charge is 0.407 e. The van der Waals surface area contributed by atoms with Gasteiger partial charge in [0, 0.05) is 13.1 Å². The number of hydrogen-bond acceptors (Lipinski definition) is 6. The molecule has 0 atom stereocenters. The quantitative estimate of drug-likeness (QED) is 0.440. The predicted octanol–water partition coefficient (Wildman–Crippen LogP) is 4.26. The Labute approximate surface area is 185 Å². The van der Waals surface area contributed by atoms with E-state index < -0.39 is 23.6 Å². The Hall–Kier alpha value is -3.69. The molecule has 0 bridgehead atoms. The van der Waals surface area contributed by atoms with Crippen LogP contribution < -0.4 is 15.6 Å². The van der Waals surface area contributed by atoms with Crippen LogP contribution >= 0.6 is 0 Å². The lowest BCUT2D eigenvalue weighted by Gasteiger charge is -2.21. The third kappa shape index (κ3) is 8.58. The third-order valence-corrected chi connectivity index (χ3v) is 4.03. The monoisotopic (exact) mass is 446 g/mol. The summed E-state index contributed by atoms with van der Waals surface area (Å²) in [6.07, 6.45) is -1.29. The standard InChI is InChI=1S/C22H27FN4O5/c1-22(2,3)32-21(29)24-11-12-27(26-30)19-10-9-17(13-18(19)23)14-25-20(28)31-15-16-7-5-4-6-8-16/h4-10,13H,11-12,14-15H2,1-3H3,(H,24,29)(H,25,28). The van der Waals surface area contributed by atoms with Gasteiger partial charge < -0.3 is 20.1 Å². The summed E-state index contributed by atoms with van der Waals surface area (Å²) in [5.41, 5.74) is 0.610. The molecule has 0 fully saturated rings. The minimum absolute atomic E-state index is 0.0245. The van der Waals surface area contributed by atoms with E-state index in [0.717, 1.165) is 10.6 Å². The van der Waals surface area contributed by atoms with Gasteiger partial charge in [-0.25, -0.2) is 19.0 Å². The van der Waals surface area contributed by atoms with E-state index in [1.807, 2.05) is 30.3 Å². The number of alkyl carbamates (subject to hydrolysis) is 2. The highest BCUT2D eigenvalue weighted by atomic mass is 19.1. The maximum Gasteiger partial charge on any atom is 0.407 e. The largest absolute Gasteiger partial charge is 0.445 e. The van der Waals surface area contributed by atoms with E-state index in [-0.39, 0.29) is 31.9 Å². The Bertz CT molecular complexity index is 918. The second-order valence-corrected chi connectivity index (χ2v) is 7.83. The molecule has 172 valence electrons. The van der Waals surface area contributed by atoms with Gasteiger partial charge in [0.1, 0.15) is 18.0 Å². The second kappa shape index (κ2) is 11.6. The number of carbonyl (C=O) groups is 2. The molecule has 0 unspecified atom stereocenters. The van der Waals surface area contributed by atoms with E-state index in [2.05, 4.69) is 15.9 Å². The fourth-order valence-corrected chi connectivity index (χ4v) is 2.60. The van der Waals surface area contributed by atoms with Crippen LogP contribution in [0.2, 0.25) is 0 Å². The highest BCUT2D eigenvalue weighted by Crippen LogP contribution is 2.21. The van der Waals surface area contributed by atoms with Gasteiger partial charge in [-0.05, 0) is 44.0 Å². The average molecular weight is 446 g/mol. The number of hydrogen-bond donors (Lipinski definition) is 2. The van der Waals surface area contributed by atoms with Crippen molar-refractivity contribution in [2.45, 2.75) is 39.5 Å². The zero-order valence-corrected chi connectivity index (χ0v) is 18.3. The summed E-state index contributed by atoms with van der Waals surface area (Å²) in [6, 6.07) is 13.3. The first-order valence-corrected chi connectivity index (χ1v) is 9.98. The Morgan fingerprint density at radius 2 is 1.75 bits per heavy atom. The van der Waals surface area contributed by atoms with Crippen LogP contribution in [0.5, 0.6) is 0 Å². The van der Waals surface area contributed by atoms with E-state index in [4.69, 9.17) is 9.47 Å². The highest BCUT2D eigenvalue weighted by molar-refractivity contribution is 5.68. The fraction of sp³-hybridized carbons (Fsp3) is 0.364. The van der Waals surface area contributed by atoms with E-state index >= 15 is 0 Å². The zero-order chi connectivity index (χ0) is 23.6. The van der Waals surface area contributed by atoms with Crippen LogP contribution in [0.1, 0.15) is 31.9 Å². The fourth-order valence-electron chi connectivity index (χ4n) is 2.60. The molecule has 0 spiro atoms. The predicted molar refractivity (Wildman–Crippen MR) is 117 cm³/mol. The first kappa shape index (κ1) is 24.6. The molecular weight excluding hydrogens is 419 g/mol. The van der Waals surface area contributed by atoms with Crippen LogP contribution in [0, 0.1) is 10.7 Å². The molecule has 0 heterocycles. The number of rotatable bonds is 9. The van der Waals surface area contributed by atoms with Gasteiger partial charge in [0.15, 0.2) is 0 Å². The Balaban J connectivity index is 1.83. The minimum atomic E-state index is -0.696. The summed E-state index contributed by atoms with van der Waals surface area (Å²) >= 11 is 0. The summed E-state index contributed by atoms with van der Waals surface area (Å²) in [6.45, 7) is 5.30. The van der Waals surface area contributed by atoms with E-state index in [1.165, 1.54) is 12.1 Å². The topological polar surface area (TPSA) is 109 Å². The van der Waals surface area contributed by atoms with Crippen LogP contribution in [0.25, 0.3) is 0 Å². The molecule has 0 aliphatic carbocycles.